The summed E-state index contributed by atoms with van der Waals surface area (Å²) >= 11 is 0.700. The Balaban J connectivity index is 2.93. The summed E-state index contributed by atoms with van der Waals surface area (Å²) < 4.78 is 0.549. The van der Waals surface area contributed by atoms with Gasteiger partial charge in [0.1, 0.15) is 0 Å². The molecule has 90 valence electrons. The van der Waals surface area contributed by atoms with Gasteiger partial charge in [-0.2, -0.15) is 0 Å². The number of thiazole rings is 1. The highest BCUT2D eigenvalue weighted by molar-refractivity contribution is 7.20. The molecule has 2 aromatic rings. The number of fused-ring (bicyclic) bond motifs is 1. The predicted octanol–water partition coefficient (Wildman–Crippen LogP) is 0.984. The second kappa shape index (κ2) is 3.94. The van der Waals surface area contributed by atoms with Gasteiger partial charge in [-0.3, -0.25) is 20.1 Å². The minimum absolute atomic E-state index is 0.00833. The molecule has 1 aromatic heterocycles. The third kappa shape index (κ3) is 1.61. The highest BCUT2D eigenvalue weighted by Crippen LogP contribution is 2.33. The van der Waals surface area contributed by atoms with Gasteiger partial charge in [-0.15, -0.1) is 0 Å². The average Bonchev–Trinajstić information content (AvgIpc) is 2.65. The molecule has 0 aliphatic rings. The van der Waals surface area contributed by atoms with E-state index in [1.54, 1.807) is 0 Å². The molecule has 0 radical (unpaired) electrons. The second-order valence-electron chi connectivity index (χ2n) is 3.27. The fourth-order valence-electron chi connectivity index (χ4n) is 1.45. The molecule has 0 unspecified atom stereocenters. The normalized spacial score (nSPS) is 10.2. The van der Waals surface area contributed by atoms with E-state index < -0.39 is 10.8 Å². The largest absolute Gasteiger partial charge is 0.377 e. The van der Waals surface area contributed by atoms with Gasteiger partial charge in [0, 0.05) is 16.9 Å². The third-order valence-electron chi connectivity index (χ3n) is 2.19. The molecule has 1 aromatic carbocycles. The summed E-state index contributed by atoms with van der Waals surface area (Å²) in [6.07, 6.45) is 0. The predicted molar refractivity (Wildman–Crippen MR) is 60.6 cm³/mol. The quantitative estimate of drug-likeness (QED) is 0.277. The first-order valence-corrected chi connectivity index (χ1v) is 5.31. The third-order valence-corrected chi connectivity index (χ3v) is 3.38. The number of nitrogens with two attached hydrogens (primary N) is 1. The Morgan fingerprint density at radius 2 is 2.28 bits per heavy atom. The minimum atomic E-state index is -0.905. The maximum Gasteiger partial charge on any atom is 0.377 e. The molecule has 8 nitrogen and oxygen atoms in total. The number of rotatable bonds is 2. The van der Waals surface area contributed by atoms with Gasteiger partial charge >= 0.3 is 10.9 Å². The number of aromatic nitrogens is 1. The molecule has 0 fully saturated rings. The first kappa shape index (κ1) is 11.7. The lowest BCUT2D eigenvalue weighted by atomic mass is 10.2. The fraction of sp³-hybridized carbons (Fsp3) is 0. The van der Waals surface area contributed by atoms with Gasteiger partial charge in [-0.05, 0) is 11.3 Å². The summed E-state index contributed by atoms with van der Waals surface area (Å²) in [7, 11) is 0. The molecule has 0 spiro atoms. The van der Waals surface area contributed by atoms with E-state index in [1.807, 2.05) is 0 Å². The number of hydrogen-bond acceptors (Lipinski definition) is 5. The first-order chi connectivity index (χ1) is 8.45. The van der Waals surface area contributed by atoms with Gasteiger partial charge in [-0.1, -0.05) is 0 Å². The lowest BCUT2D eigenvalue weighted by Gasteiger charge is -1.91. The number of benzene rings is 1. The molecule has 0 saturated heterocycles. The summed E-state index contributed by atoms with van der Waals surface area (Å²) in [6, 6.07) is 2.33. The number of nitrogens with zero attached hydrogens (tertiary/aromatic N) is 3. The summed E-state index contributed by atoms with van der Waals surface area (Å²) in [5.74, 6) is -0.905. The zero-order valence-corrected chi connectivity index (χ0v) is 9.47. The molecule has 3 N–H and O–H groups in total. The van der Waals surface area contributed by atoms with Crippen molar-refractivity contribution < 1.29 is 19.7 Å². The van der Waals surface area contributed by atoms with Gasteiger partial charge in [0.05, 0.1) is 11.5 Å². The van der Waals surface area contributed by atoms with Crippen LogP contribution in [-0.2, 0) is 0 Å². The number of primary amides is 1. The Labute approximate surface area is 103 Å². The van der Waals surface area contributed by atoms with Crippen molar-refractivity contribution in [3.8, 4) is 0 Å². The zero-order chi connectivity index (χ0) is 13.4. The van der Waals surface area contributed by atoms with Crippen LogP contribution >= 0.6 is 11.3 Å². The number of nitro groups is 1. The van der Waals surface area contributed by atoms with Gasteiger partial charge in [0.25, 0.3) is 11.2 Å². The van der Waals surface area contributed by atoms with Crippen LogP contribution in [0.3, 0.4) is 0 Å². The van der Waals surface area contributed by atoms with Crippen LogP contribution in [-0.4, -0.2) is 16.0 Å². The van der Waals surface area contributed by atoms with Gasteiger partial charge in [-0.25, -0.2) is 4.85 Å². The summed E-state index contributed by atoms with van der Waals surface area (Å²) in [5, 5.41) is 20.3. The van der Waals surface area contributed by atoms with Crippen LogP contribution in [0.15, 0.2) is 12.1 Å². The summed E-state index contributed by atoms with van der Waals surface area (Å²) in [6.45, 7) is 6.84. The highest BCUT2D eigenvalue weighted by atomic mass is 32.1. The molecule has 1 heterocycles. The Kier molecular flexibility index (Phi) is 2.57. The van der Waals surface area contributed by atoms with Gasteiger partial charge in [0.15, 0.2) is 4.70 Å². The van der Waals surface area contributed by atoms with Crippen molar-refractivity contribution >= 4 is 38.8 Å². The fourth-order valence-corrected chi connectivity index (χ4v) is 2.42. The maximum atomic E-state index is 11.0. The standard InChI is InChI=1S/C9H4N4O4S/c1-11-4-2-5-7(6(3-4)13(16)17)18-9(8(10)14)12(5)15/h2-3H,(H2-,10,14,15)/p+1. The Morgan fingerprint density at radius 1 is 1.61 bits per heavy atom. The molecule has 0 bridgehead atoms. The number of carbonyl (C=O) groups excluding carboxylic acids is 1. The summed E-state index contributed by atoms with van der Waals surface area (Å²) in [4.78, 5) is 24.3. The molecule has 0 atom stereocenters. The Morgan fingerprint density at radius 3 is 2.78 bits per heavy atom. The molecule has 0 aliphatic carbocycles. The number of amides is 1. The average molecular weight is 265 g/mol. The van der Waals surface area contributed by atoms with E-state index in [0.717, 1.165) is 6.07 Å². The maximum absolute atomic E-state index is 11.0. The molecule has 18 heavy (non-hydrogen) atoms. The number of non-ortho nitro benzene ring substituents is 1. The van der Waals surface area contributed by atoms with E-state index in [0.29, 0.717) is 16.1 Å². The lowest BCUT2D eigenvalue weighted by molar-refractivity contribution is -0.882. The SMILES string of the molecule is [C-]#[N+]c1cc([N+](=O)[O-])c2sc(C(N)=O)[n+](O)c2c1. The van der Waals surface area contributed by atoms with Crippen LogP contribution in [0.25, 0.3) is 15.1 Å². The van der Waals surface area contributed by atoms with Crippen molar-refractivity contribution in [2.45, 2.75) is 0 Å². The molecule has 2 rings (SSSR count). The molecular formula is C9H5N4O4S+. The van der Waals surface area contributed by atoms with Crippen molar-refractivity contribution in [2.75, 3.05) is 0 Å². The minimum Gasteiger partial charge on any atom is -0.359 e. The number of nitro benzene ring substituents is 1. The van der Waals surface area contributed by atoms with Crippen molar-refractivity contribution in [1.29, 1.82) is 0 Å². The molecule has 9 heteroatoms. The lowest BCUT2D eigenvalue weighted by Crippen LogP contribution is -2.37. The smallest absolute Gasteiger partial charge is 0.359 e. The van der Waals surface area contributed by atoms with E-state index in [2.05, 4.69) is 4.85 Å². The van der Waals surface area contributed by atoms with Crippen LogP contribution in [0.4, 0.5) is 11.4 Å². The Bertz CT molecular complexity index is 730. The highest BCUT2D eigenvalue weighted by Gasteiger charge is 2.31. The number of hydrogen-bond donors (Lipinski definition) is 2. The van der Waals surface area contributed by atoms with Crippen molar-refractivity contribution in [2.24, 2.45) is 5.73 Å². The monoisotopic (exact) mass is 265 g/mol. The Hall–Kier alpha value is -2.73. The van der Waals surface area contributed by atoms with E-state index >= 15 is 0 Å². The molecular weight excluding hydrogens is 260 g/mol. The zero-order valence-electron chi connectivity index (χ0n) is 8.65. The second-order valence-corrected chi connectivity index (χ2v) is 4.26. The van der Waals surface area contributed by atoms with E-state index in [1.165, 1.54) is 6.07 Å². The van der Waals surface area contributed by atoms with Crippen molar-refractivity contribution in [3.63, 3.8) is 0 Å². The van der Waals surface area contributed by atoms with Gasteiger partial charge < -0.3 is 5.73 Å². The molecule has 0 aliphatic heterocycles. The summed E-state index contributed by atoms with van der Waals surface area (Å²) in [5.41, 5.74) is 4.69. The molecule has 0 saturated carbocycles. The van der Waals surface area contributed by atoms with E-state index in [4.69, 9.17) is 12.3 Å². The first-order valence-electron chi connectivity index (χ1n) is 4.49. The van der Waals surface area contributed by atoms with Crippen LogP contribution in [0.2, 0.25) is 0 Å². The van der Waals surface area contributed by atoms with Crippen LogP contribution in [0, 0.1) is 16.7 Å². The van der Waals surface area contributed by atoms with E-state index in [-0.39, 0.29) is 26.6 Å². The van der Waals surface area contributed by atoms with Gasteiger partial charge in [0.2, 0.25) is 5.69 Å². The van der Waals surface area contributed by atoms with Crippen molar-refractivity contribution in [1.82, 2.24) is 0 Å². The van der Waals surface area contributed by atoms with Crippen LogP contribution < -0.4 is 10.5 Å². The topological polar surface area (TPSA) is 115 Å². The van der Waals surface area contributed by atoms with E-state index in [9.17, 15) is 20.1 Å². The van der Waals surface area contributed by atoms with Crippen molar-refractivity contribution in [3.05, 3.63) is 38.7 Å². The van der Waals surface area contributed by atoms with Crippen LogP contribution in [0.5, 0.6) is 0 Å². The molecule has 1 amide bonds. The number of carbonyl (C=O) groups is 1. The van der Waals surface area contributed by atoms with Crippen LogP contribution in [0.1, 0.15) is 9.80 Å².